The summed E-state index contributed by atoms with van der Waals surface area (Å²) in [7, 11) is 0. The predicted molar refractivity (Wildman–Crippen MR) is 74.5 cm³/mol. The van der Waals surface area contributed by atoms with Crippen LogP contribution >= 0.6 is 0 Å². The van der Waals surface area contributed by atoms with Crippen LogP contribution in [0.15, 0.2) is 29.2 Å². The fourth-order valence-electron chi connectivity index (χ4n) is 2.04. The summed E-state index contributed by atoms with van der Waals surface area (Å²) in [5.74, 6) is 1.91. The molecule has 1 N–H and O–H groups in total. The van der Waals surface area contributed by atoms with E-state index in [1.165, 1.54) is 0 Å². The number of nitrogens with zero attached hydrogens (tertiary/aromatic N) is 1. The first kappa shape index (κ1) is 15.0. The van der Waals surface area contributed by atoms with E-state index in [0.29, 0.717) is 6.54 Å². The summed E-state index contributed by atoms with van der Waals surface area (Å²) in [6.45, 7) is 10.2. The van der Waals surface area contributed by atoms with Gasteiger partial charge in [0.1, 0.15) is 11.5 Å². The summed E-state index contributed by atoms with van der Waals surface area (Å²) in [4.78, 5) is 2.24. The number of aryl methyl sites for hydroxylation is 1. The average molecular weight is 251 g/mol. The van der Waals surface area contributed by atoms with E-state index in [4.69, 9.17) is 4.42 Å². The Kier molecular flexibility index (Phi) is 6.76. The summed E-state index contributed by atoms with van der Waals surface area (Å²) in [5, 5.41) is 9.94. The molecule has 0 aliphatic heterocycles. The molecule has 1 aromatic heterocycles. The first-order valence-electron chi connectivity index (χ1n) is 6.72. The largest absolute Gasteiger partial charge is 0.465 e. The van der Waals surface area contributed by atoms with Crippen molar-refractivity contribution in [2.24, 2.45) is 0 Å². The van der Waals surface area contributed by atoms with Crippen LogP contribution in [-0.2, 0) is 6.54 Å². The van der Waals surface area contributed by atoms with Gasteiger partial charge < -0.3 is 9.52 Å². The van der Waals surface area contributed by atoms with Gasteiger partial charge in [0.15, 0.2) is 0 Å². The lowest BCUT2D eigenvalue weighted by atomic mass is 10.2. The lowest BCUT2D eigenvalue weighted by Gasteiger charge is -2.23. The van der Waals surface area contributed by atoms with Gasteiger partial charge in [-0.2, -0.15) is 0 Å². The van der Waals surface area contributed by atoms with Crippen LogP contribution in [0.5, 0.6) is 0 Å². The summed E-state index contributed by atoms with van der Waals surface area (Å²) in [6, 6.07) is 3.99. The van der Waals surface area contributed by atoms with Gasteiger partial charge in [0.2, 0.25) is 0 Å². The maximum Gasteiger partial charge on any atom is 0.118 e. The maximum absolute atomic E-state index is 9.94. The van der Waals surface area contributed by atoms with Crippen molar-refractivity contribution in [1.82, 2.24) is 4.90 Å². The molecule has 102 valence electrons. The van der Waals surface area contributed by atoms with Gasteiger partial charge in [-0.3, -0.25) is 4.90 Å². The SMILES string of the molecule is C=CCCC(O)CN(CCC)Cc1ccc(C)o1. The number of aliphatic hydroxyl groups is 1. The highest BCUT2D eigenvalue weighted by atomic mass is 16.3. The number of rotatable bonds is 9. The highest BCUT2D eigenvalue weighted by Crippen LogP contribution is 2.11. The summed E-state index contributed by atoms with van der Waals surface area (Å²) >= 11 is 0. The summed E-state index contributed by atoms with van der Waals surface area (Å²) < 4.78 is 5.58. The first-order valence-corrected chi connectivity index (χ1v) is 6.72. The van der Waals surface area contributed by atoms with Gasteiger partial charge in [-0.25, -0.2) is 0 Å². The van der Waals surface area contributed by atoms with Crippen molar-refractivity contribution in [3.8, 4) is 0 Å². The van der Waals surface area contributed by atoms with Crippen molar-refractivity contribution in [1.29, 1.82) is 0 Å². The highest BCUT2D eigenvalue weighted by molar-refractivity contribution is 5.05. The van der Waals surface area contributed by atoms with Crippen LogP contribution < -0.4 is 0 Å². The molecule has 1 heterocycles. The number of hydrogen-bond donors (Lipinski definition) is 1. The van der Waals surface area contributed by atoms with Crippen molar-refractivity contribution < 1.29 is 9.52 Å². The minimum absolute atomic E-state index is 0.286. The number of furan rings is 1. The molecule has 0 saturated carbocycles. The van der Waals surface area contributed by atoms with Gasteiger partial charge in [0, 0.05) is 6.54 Å². The molecule has 18 heavy (non-hydrogen) atoms. The Morgan fingerprint density at radius 3 is 2.83 bits per heavy atom. The van der Waals surface area contributed by atoms with Crippen LogP contribution in [0.3, 0.4) is 0 Å². The third-order valence-electron chi connectivity index (χ3n) is 2.89. The first-order chi connectivity index (χ1) is 8.65. The molecule has 0 spiro atoms. The molecule has 3 nitrogen and oxygen atoms in total. The van der Waals surface area contributed by atoms with E-state index < -0.39 is 0 Å². The van der Waals surface area contributed by atoms with Gasteiger partial charge in [-0.05, 0) is 44.9 Å². The zero-order chi connectivity index (χ0) is 13.4. The molecule has 1 atom stereocenters. The molecule has 0 radical (unpaired) electrons. The predicted octanol–water partition coefficient (Wildman–Crippen LogP) is 3.13. The Balaban J connectivity index is 2.45. The molecule has 1 unspecified atom stereocenters. The second kappa shape index (κ2) is 8.11. The van der Waals surface area contributed by atoms with Gasteiger partial charge >= 0.3 is 0 Å². The second-order valence-corrected chi connectivity index (χ2v) is 4.77. The molecule has 0 amide bonds. The Bertz CT molecular complexity index is 346. The van der Waals surface area contributed by atoms with Crippen molar-refractivity contribution in [2.75, 3.05) is 13.1 Å². The van der Waals surface area contributed by atoms with Crippen molar-refractivity contribution in [2.45, 2.75) is 45.8 Å². The molecule has 0 saturated heterocycles. The number of aliphatic hydroxyl groups excluding tert-OH is 1. The molecule has 0 aromatic carbocycles. The Labute approximate surface area is 110 Å². The monoisotopic (exact) mass is 251 g/mol. The summed E-state index contributed by atoms with van der Waals surface area (Å²) in [5.41, 5.74) is 0. The maximum atomic E-state index is 9.94. The quantitative estimate of drug-likeness (QED) is 0.685. The zero-order valence-corrected chi connectivity index (χ0v) is 11.6. The highest BCUT2D eigenvalue weighted by Gasteiger charge is 2.12. The lowest BCUT2D eigenvalue weighted by Crippen LogP contribution is -2.32. The van der Waals surface area contributed by atoms with Crippen LogP contribution in [0.25, 0.3) is 0 Å². The topological polar surface area (TPSA) is 36.6 Å². The normalized spacial score (nSPS) is 12.9. The van der Waals surface area contributed by atoms with E-state index >= 15 is 0 Å². The molecular weight excluding hydrogens is 226 g/mol. The Morgan fingerprint density at radius 1 is 1.50 bits per heavy atom. The Morgan fingerprint density at radius 2 is 2.28 bits per heavy atom. The molecule has 3 heteroatoms. The molecule has 1 rings (SSSR count). The second-order valence-electron chi connectivity index (χ2n) is 4.77. The van der Waals surface area contributed by atoms with E-state index in [2.05, 4.69) is 18.4 Å². The molecule has 0 fully saturated rings. The number of allylic oxidation sites excluding steroid dienone is 1. The lowest BCUT2D eigenvalue weighted by molar-refractivity contribution is 0.0983. The minimum Gasteiger partial charge on any atom is -0.465 e. The Hall–Kier alpha value is -1.06. The smallest absolute Gasteiger partial charge is 0.118 e. The van der Waals surface area contributed by atoms with Gasteiger partial charge in [-0.1, -0.05) is 13.0 Å². The fraction of sp³-hybridized carbons (Fsp3) is 0.600. The molecular formula is C15H25NO2. The van der Waals surface area contributed by atoms with Crippen LogP contribution in [0.4, 0.5) is 0 Å². The molecule has 0 aliphatic rings. The van der Waals surface area contributed by atoms with Gasteiger partial charge in [-0.15, -0.1) is 6.58 Å². The van der Waals surface area contributed by atoms with E-state index in [9.17, 15) is 5.11 Å². The minimum atomic E-state index is -0.286. The van der Waals surface area contributed by atoms with Crippen LogP contribution in [0.1, 0.15) is 37.7 Å². The molecule has 1 aromatic rings. The van der Waals surface area contributed by atoms with E-state index in [0.717, 1.165) is 43.9 Å². The average Bonchev–Trinajstić information content (AvgIpc) is 2.72. The van der Waals surface area contributed by atoms with Crippen molar-refractivity contribution in [3.05, 3.63) is 36.3 Å². The van der Waals surface area contributed by atoms with Gasteiger partial charge in [0.25, 0.3) is 0 Å². The molecule has 0 bridgehead atoms. The number of hydrogen-bond acceptors (Lipinski definition) is 3. The third-order valence-corrected chi connectivity index (χ3v) is 2.89. The van der Waals surface area contributed by atoms with E-state index in [-0.39, 0.29) is 6.10 Å². The van der Waals surface area contributed by atoms with Crippen LogP contribution in [0, 0.1) is 6.92 Å². The van der Waals surface area contributed by atoms with E-state index in [1.807, 2.05) is 25.1 Å². The van der Waals surface area contributed by atoms with Crippen LogP contribution in [-0.4, -0.2) is 29.2 Å². The zero-order valence-electron chi connectivity index (χ0n) is 11.6. The fourth-order valence-corrected chi connectivity index (χ4v) is 2.04. The van der Waals surface area contributed by atoms with Crippen molar-refractivity contribution in [3.63, 3.8) is 0 Å². The van der Waals surface area contributed by atoms with E-state index in [1.54, 1.807) is 0 Å². The van der Waals surface area contributed by atoms with Gasteiger partial charge in [0.05, 0.1) is 12.6 Å². The van der Waals surface area contributed by atoms with Crippen LogP contribution in [0.2, 0.25) is 0 Å². The molecule has 0 aliphatic carbocycles. The summed E-state index contributed by atoms with van der Waals surface area (Å²) in [6.07, 6.45) is 4.28. The standard InChI is InChI=1S/C15H25NO2/c1-4-6-7-14(17)11-16(10-5-2)12-15-9-8-13(3)18-15/h4,8-9,14,17H,1,5-7,10-12H2,2-3H3. The van der Waals surface area contributed by atoms with Crippen molar-refractivity contribution >= 4 is 0 Å². The third kappa shape index (κ3) is 5.52.